The number of nitrogens with two attached hydrogens (primary N) is 1. The lowest BCUT2D eigenvalue weighted by Crippen LogP contribution is -2.03. The minimum atomic E-state index is 0.243. The van der Waals surface area contributed by atoms with Crippen LogP contribution in [0.2, 0.25) is 0 Å². The quantitative estimate of drug-likeness (QED) is 0.535. The van der Waals surface area contributed by atoms with Gasteiger partial charge in [-0.1, -0.05) is 42.5 Å². The predicted octanol–water partition coefficient (Wildman–Crippen LogP) is 3.43. The number of anilines is 2. The van der Waals surface area contributed by atoms with Crippen molar-refractivity contribution in [1.82, 2.24) is 15.0 Å². The molecule has 27 heavy (non-hydrogen) atoms. The van der Waals surface area contributed by atoms with Crippen LogP contribution >= 0.6 is 0 Å². The average Bonchev–Trinajstić information content (AvgIpc) is 2.69. The molecule has 3 N–H and O–H groups in total. The van der Waals surface area contributed by atoms with E-state index in [0.29, 0.717) is 12.8 Å². The molecule has 0 spiro atoms. The zero-order valence-electron chi connectivity index (χ0n) is 14.5. The molecule has 1 amide bonds. The van der Waals surface area contributed by atoms with Crippen molar-refractivity contribution in [2.75, 3.05) is 11.1 Å². The van der Waals surface area contributed by atoms with Crippen LogP contribution in [0.5, 0.6) is 0 Å². The SMILES string of the molecule is Nc1nc(Cc2ccccc2)c2nc(-c3ccc(NC=O)cc3)ccc2n1. The first-order valence-electron chi connectivity index (χ1n) is 8.50. The van der Waals surface area contributed by atoms with Crippen molar-refractivity contribution in [3.05, 3.63) is 78.0 Å². The normalized spacial score (nSPS) is 10.7. The van der Waals surface area contributed by atoms with Gasteiger partial charge in [-0.15, -0.1) is 0 Å². The number of hydrogen-bond donors (Lipinski definition) is 2. The summed E-state index contributed by atoms with van der Waals surface area (Å²) in [7, 11) is 0. The lowest BCUT2D eigenvalue weighted by molar-refractivity contribution is -0.105. The smallest absolute Gasteiger partial charge is 0.220 e. The van der Waals surface area contributed by atoms with Crippen molar-refractivity contribution >= 4 is 29.1 Å². The molecule has 2 heterocycles. The summed E-state index contributed by atoms with van der Waals surface area (Å²) >= 11 is 0. The Bertz CT molecular complexity index is 1090. The van der Waals surface area contributed by atoms with Crippen LogP contribution in [0.4, 0.5) is 11.6 Å². The van der Waals surface area contributed by atoms with Crippen LogP contribution in [0.25, 0.3) is 22.3 Å². The summed E-state index contributed by atoms with van der Waals surface area (Å²) in [4.78, 5) is 24.1. The van der Waals surface area contributed by atoms with Crippen molar-refractivity contribution in [2.45, 2.75) is 6.42 Å². The number of hydrogen-bond acceptors (Lipinski definition) is 5. The van der Waals surface area contributed by atoms with E-state index in [2.05, 4.69) is 15.3 Å². The minimum absolute atomic E-state index is 0.243. The topological polar surface area (TPSA) is 93.8 Å². The second-order valence-electron chi connectivity index (χ2n) is 6.09. The highest BCUT2D eigenvalue weighted by molar-refractivity contribution is 5.81. The highest BCUT2D eigenvalue weighted by atomic mass is 16.1. The Morgan fingerprint density at radius 1 is 0.889 bits per heavy atom. The Kier molecular flexibility index (Phi) is 4.45. The number of rotatable bonds is 5. The molecule has 0 fully saturated rings. The van der Waals surface area contributed by atoms with Crippen molar-refractivity contribution in [3.63, 3.8) is 0 Å². The van der Waals surface area contributed by atoms with Crippen LogP contribution in [-0.2, 0) is 11.2 Å². The molecule has 2 aromatic heterocycles. The molecule has 0 aliphatic heterocycles. The maximum atomic E-state index is 10.5. The first kappa shape index (κ1) is 16.7. The maximum absolute atomic E-state index is 10.5. The number of carbonyl (C=O) groups excluding carboxylic acids is 1. The predicted molar refractivity (Wildman–Crippen MR) is 106 cm³/mol. The highest BCUT2D eigenvalue weighted by Gasteiger charge is 2.11. The van der Waals surface area contributed by atoms with Crippen LogP contribution in [0.1, 0.15) is 11.3 Å². The van der Waals surface area contributed by atoms with Crippen molar-refractivity contribution in [1.29, 1.82) is 0 Å². The molecule has 0 aliphatic rings. The third-order valence-corrected chi connectivity index (χ3v) is 4.25. The van der Waals surface area contributed by atoms with Crippen LogP contribution in [0, 0.1) is 0 Å². The number of pyridine rings is 1. The van der Waals surface area contributed by atoms with Crippen molar-refractivity contribution in [2.24, 2.45) is 0 Å². The molecule has 4 rings (SSSR count). The van der Waals surface area contributed by atoms with Gasteiger partial charge in [-0.05, 0) is 29.8 Å². The largest absolute Gasteiger partial charge is 0.368 e. The van der Waals surface area contributed by atoms with E-state index in [1.807, 2.05) is 66.7 Å². The molecule has 6 nitrogen and oxygen atoms in total. The summed E-state index contributed by atoms with van der Waals surface area (Å²) in [5.41, 5.74) is 11.8. The molecule has 132 valence electrons. The zero-order chi connectivity index (χ0) is 18.6. The fourth-order valence-electron chi connectivity index (χ4n) is 2.97. The van der Waals surface area contributed by atoms with E-state index in [-0.39, 0.29) is 5.95 Å². The molecule has 0 atom stereocenters. The first-order chi connectivity index (χ1) is 13.2. The van der Waals surface area contributed by atoms with E-state index in [1.165, 1.54) is 0 Å². The van der Waals surface area contributed by atoms with Gasteiger partial charge in [-0.2, -0.15) is 0 Å². The Morgan fingerprint density at radius 3 is 2.41 bits per heavy atom. The maximum Gasteiger partial charge on any atom is 0.220 e. The second kappa shape index (κ2) is 7.21. The standard InChI is InChI=1S/C21H17N5O/c22-21-25-18-11-10-17(15-6-8-16(9-7-15)23-13-27)24-20(18)19(26-21)12-14-4-2-1-3-5-14/h1-11,13H,12H2,(H,23,27)(H2,22,25,26). The summed E-state index contributed by atoms with van der Waals surface area (Å²) < 4.78 is 0. The third kappa shape index (κ3) is 3.59. The Hall–Kier alpha value is -3.80. The minimum Gasteiger partial charge on any atom is -0.368 e. The monoisotopic (exact) mass is 355 g/mol. The molecule has 0 unspecified atom stereocenters. The van der Waals surface area contributed by atoms with Gasteiger partial charge in [-0.3, -0.25) is 4.79 Å². The van der Waals surface area contributed by atoms with Gasteiger partial charge in [0.25, 0.3) is 0 Å². The molecule has 4 aromatic rings. The van der Waals surface area contributed by atoms with Crippen LogP contribution in [0.3, 0.4) is 0 Å². The first-order valence-corrected chi connectivity index (χ1v) is 8.50. The van der Waals surface area contributed by atoms with Gasteiger partial charge in [0.15, 0.2) is 0 Å². The van der Waals surface area contributed by atoms with Gasteiger partial charge in [0.2, 0.25) is 12.4 Å². The number of carbonyl (C=O) groups is 1. The van der Waals surface area contributed by atoms with Gasteiger partial charge >= 0.3 is 0 Å². The number of nitrogen functional groups attached to an aromatic ring is 1. The Morgan fingerprint density at radius 2 is 1.67 bits per heavy atom. The lowest BCUT2D eigenvalue weighted by atomic mass is 10.1. The highest BCUT2D eigenvalue weighted by Crippen LogP contribution is 2.24. The molecule has 0 saturated carbocycles. The van der Waals surface area contributed by atoms with Gasteiger partial charge in [0.05, 0.1) is 16.9 Å². The lowest BCUT2D eigenvalue weighted by Gasteiger charge is -2.09. The summed E-state index contributed by atoms with van der Waals surface area (Å²) in [5.74, 6) is 0.243. The molecular weight excluding hydrogens is 338 g/mol. The van der Waals surface area contributed by atoms with Crippen LogP contribution in [0.15, 0.2) is 66.7 Å². The summed E-state index contributed by atoms with van der Waals surface area (Å²) in [5, 5.41) is 2.62. The van der Waals surface area contributed by atoms with E-state index in [1.54, 1.807) is 0 Å². The number of aromatic nitrogens is 3. The second-order valence-corrected chi connectivity index (χ2v) is 6.09. The van der Waals surface area contributed by atoms with E-state index < -0.39 is 0 Å². The Labute approximate surface area is 156 Å². The van der Waals surface area contributed by atoms with Gasteiger partial charge in [0, 0.05) is 17.7 Å². The van der Waals surface area contributed by atoms with Crippen molar-refractivity contribution < 1.29 is 4.79 Å². The summed E-state index contributed by atoms with van der Waals surface area (Å²) in [6.07, 6.45) is 1.28. The van der Waals surface area contributed by atoms with Gasteiger partial charge < -0.3 is 11.1 Å². The van der Waals surface area contributed by atoms with E-state index in [0.717, 1.165) is 39.2 Å². The number of nitrogens with zero attached hydrogens (tertiary/aromatic N) is 3. The van der Waals surface area contributed by atoms with Crippen LogP contribution in [-0.4, -0.2) is 21.4 Å². The molecular formula is C21H17N5O. The fraction of sp³-hybridized carbons (Fsp3) is 0.0476. The number of fused-ring (bicyclic) bond motifs is 1. The summed E-state index contributed by atoms with van der Waals surface area (Å²) in [6.45, 7) is 0. The molecule has 0 radical (unpaired) electrons. The Balaban J connectivity index is 1.77. The number of nitrogens with one attached hydrogen (secondary N) is 1. The van der Waals surface area contributed by atoms with E-state index in [9.17, 15) is 4.79 Å². The molecule has 0 saturated heterocycles. The fourth-order valence-corrected chi connectivity index (χ4v) is 2.97. The third-order valence-electron chi connectivity index (χ3n) is 4.25. The van der Waals surface area contributed by atoms with E-state index >= 15 is 0 Å². The number of amides is 1. The van der Waals surface area contributed by atoms with Gasteiger partial charge in [-0.25, -0.2) is 15.0 Å². The van der Waals surface area contributed by atoms with Crippen LogP contribution < -0.4 is 11.1 Å². The van der Waals surface area contributed by atoms with E-state index in [4.69, 9.17) is 10.7 Å². The molecule has 6 heteroatoms. The van der Waals surface area contributed by atoms with Crippen molar-refractivity contribution in [3.8, 4) is 11.3 Å². The zero-order valence-corrected chi connectivity index (χ0v) is 14.5. The molecule has 0 bridgehead atoms. The summed E-state index contributed by atoms with van der Waals surface area (Å²) in [6, 6.07) is 21.4. The number of benzene rings is 2. The van der Waals surface area contributed by atoms with Gasteiger partial charge in [0.1, 0.15) is 5.52 Å². The molecule has 2 aromatic carbocycles. The average molecular weight is 355 g/mol. The molecule has 0 aliphatic carbocycles.